The van der Waals surface area contributed by atoms with Crippen LogP contribution in [0.2, 0.25) is 5.02 Å². The lowest BCUT2D eigenvalue weighted by Gasteiger charge is -2.25. The van der Waals surface area contributed by atoms with Crippen molar-refractivity contribution in [2.45, 2.75) is 18.9 Å². The third kappa shape index (κ3) is 2.36. The normalized spacial score (nSPS) is 24.4. The molecule has 1 aliphatic heterocycles. The van der Waals surface area contributed by atoms with Crippen molar-refractivity contribution >= 4 is 17.4 Å². The summed E-state index contributed by atoms with van der Waals surface area (Å²) >= 11 is 6.03. The number of nitrogens with zero attached hydrogens (tertiary/aromatic N) is 2. The van der Waals surface area contributed by atoms with Gasteiger partial charge in [-0.1, -0.05) is 11.6 Å². The lowest BCUT2D eigenvalue weighted by molar-refractivity contribution is 0.380. The van der Waals surface area contributed by atoms with Crippen LogP contribution < -0.4 is 15.4 Å². The molecule has 0 aromatic carbocycles. The number of hydrogen-bond acceptors (Lipinski definition) is 5. The summed E-state index contributed by atoms with van der Waals surface area (Å²) in [5.41, 5.74) is -0.0109. The summed E-state index contributed by atoms with van der Waals surface area (Å²) in [6.07, 6.45) is 2.58. The predicted octanol–water partition coefficient (Wildman–Crippen LogP) is 1.30. The molecule has 1 saturated heterocycles. The summed E-state index contributed by atoms with van der Waals surface area (Å²) in [6, 6.07) is 0.321. The van der Waals surface area contributed by atoms with Gasteiger partial charge in [0.15, 0.2) is 5.82 Å². The summed E-state index contributed by atoms with van der Waals surface area (Å²) < 4.78 is 4.97. The molecule has 1 atom stereocenters. The van der Waals surface area contributed by atoms with Crippen LogP contribution in [0.25, 0.3) is 0 Å². The third-order valence-electron chi connectivity index (χ3n) is 2.69. The largest absolute Gasteiger partial charge is 0.467 e. The predicted molar refractivity (Wildman–Crippen MR) is 63.1 cm³/mol. The summed E-state index contributed by atoms with van der Waals surface area (Å²) in [4.78, 5) is 8.13. The molecule has 1 unspecified atom stereocenters. The molecule has 6 heteroatoms. The first-order chi connectivity index (χ1) is 7.63. The van der Waals surface area contributed by atoms with Crippen LogP contribution in [-0.2, 0) is 0 Å². The highest BCUT2D eigenvalue weighted by atomic mass is 35.5. The first kappa shape index (κ1) is 11.4. The summed E-state index contributed by atoms with van der Waals surface area (Å²) in [5.74, 6) is 0.625. The Hall–Kier alpha value is -1.07. The summed E-state index contributed by atoms with van der Waals surface area (Å²) in [5, 5.41) is 7.14. The van der Waals surface area contributed by atoms with Gasteiger partial charge in [-0.15, -0.1) is 0 Å². The van der Waals surface area contributed by atoms with Gasteiger partial charge in [-0.2, -0.15) is 4.98 Å². The second kappa shape index (κ2) is 4.43. The van der Waals surface area contributed by atoms with Crippen LogP contribution >= 0.6 is 11.6 Å². The zero-order chi connectivity index (χ0) is 11.6. The van der Waals surface area contributed by atoms with E-state index in [1.165, 1.54) is 7.11 Å². The molecule has 2 heterocycles. The highest BCUT2D eigenvalue weighted by Gasteiger charge is 2.29. The number of methoxy groups -OCH3 is 1. The second-order valence-corrected chi connectivity index (χ2v) is 4.57. The van der Waals surface area contributed by atoms with Crippen molar-refractivity contribution in [2.24, 2.45) is 0 Å². The highest BCUT2D eigenvalue weighted by Crippen LogP contribution is 2.26. The minimum atomic E-state index is -0.0109. The fraction of sp³-hybridized carbons (Fsp3) is 0.600. The molecular formula is C10H15ClN4O. The van der Waals surface area contributed by atoms with Crippen LogP contribution in [-0.4, -0.2) is 35.7 Å². The monoisotopic (exact) mass is 242 g/mol. The minimum absolute atomic E-state index is 0.0109. The minimum Gasteiger partial charge on any atom is -0.467 e. The van der Waals surface area contributed by atoms with E-state index in [9.17, 15) is 0 Å². The average Bonchev–Trinajstić information content (AvgIpc) is 2.68. The van der Waals surface area contributed by atoms with E-state index in [0.29, 0.717) is 16.9 Å². The van der Waals surface area contributed by atoms with Gasteiger partial charge in [0.25, 0.3) is 0 Å². The van der Waals surface area contributed by atoms with Crippen molar-refractivity contribution in [3.8, 4) is 6.01 Å². The zero-order valence-electron chi connectivity index (χ0n) is 9.38. The first-order valence-electron chi connectivity index (χ1n) is 5.18. The van der Waals surface area contributed by atoms with E-state index in [2.05, 4.69) is 27.5 Å². The van der Waals surface area contributed by atoms with E-state index < -0.39 is 0 Å². The van der Waals surface area contributed by atoms with Crippen molar-refractivity contribution < 1.29 is 4.74 Å². The number of halogens is 1. The van der Waals surface area contributed by atoms with Gasteiger partial charge >= 0.3 is 6.01 Å². The van der Waals surface area contributed by atoms with Crippen molar-refractivity contribution in [1.29, 1.82) is 0 Å². The van der Waals surface area contributed by atoms with Crippen molar-refractivity contribution in [3.05, 3.63) is 11.2 Å². The van der Waals surface area contributed by atoms with E-state index in [1.807, 2.05) is 0 Å². The fourth-order valence-electron chi connectivity index (χ4n) is 1.75. The van der Waals surface area contributed by atoms with Gasteiger partial charge in [0.2, 0.25) is 0 Å². The molecule has 16 heavy (non-hydrogen) atoms. The fourth-order valence-corrected chi connectivity index (χ4v) is 1.88. The molecule has 0 bridgehead atoms. The van der Waals surface area contributed by atoms with Gasteiger partial charge in [0.05, 0.1) is 13.3 Å². The first-order valence-corrected chi connectivity index (χ1v) is 5.56. The van der Waals surface area contributed by atoms with Crippen molar-refractivity contribution in [3.63, 3.8) is 0 Å². The van der Waals surface area contributed by atoms with Gasteiger partial charge in [0.1, 0.15) is 5.02 Å². The molecule has 5 nitrogen and oxygen atoms in total. The Morgan fingerprint density at radius 1 is 1.62 bits per heavy atom. The number of hydrogen-bond donors (Lipinski definition) is 2. The number of ether oxygens (including phenoxy) is 1. The maximum absolute atomic E-state index is 6.03. The Bertz CT molecular complexity index is 379. The van der Waals surface area contributed by atoms with Gasteiger partial charge in [-0.25, -0.2) is 4.98 Å². The van der Waals surface area contributed by atoms with Gasteiger partial charge in [-0.3, -0.25) is 0 Å². The molecule has 0 spiro atoms. The molecule has 2 N–H and O–H groups in total. The molecule has 0 radical (unpaired) electrons. The van der Waals surface area contributed by atoms with Crippen molar-refractivity contribution in [2.75, 3.05) is 25.5 Å². The Labute approximate surface area is 99.6 Å². The standard InChI is InChI=1S/C10H15ClN4O/c1-10(3-4-12-6-10)15-8-7(11)5-13-9(14-8)16-2/h5,12H,3-4,6H2,1-2H3,(H,13,14,15). The van der Waals surface area contributed by atoms with Crippen LogP contribution in [0, 0.1) is 0 Å². The molecule has 0 saturated carbocycles. The summed E-state index contributed by atoms with van der Waals surface area (Å²) in [7, 11) is 1.53. The van der Waals surface area contributed by atoms with Gasteiger partial charge in [-0.05, 0) is 19.9 Å². The third-order valence-corrected chi connectivity index (χ3v) is 2.97. The molecular weight excluding hydrogens is 228 g/mol. The van der Waals surface area contributed by atoms with Crippen molar-refractivity contribution in [1.82, 2.24) is 15.3 Å². The van der Waals surface area contributed by atoms with E-state index in [1.54, 1.807) is 6.20 Å². The van der Waals surface area contributed by atoms with Crippen LogP contribution in [0.4, 0.5) is 5.82 Å². The van der Waals surface area contributed by atoms with Crippen LogP contribution in [0.3, 0.4) is 0 Å². The van der Waals surface area contributed by atoms with E-state index >= 15 is 0 Å². The summed E-state index contributed by atoms with van der Waals surface area (Å²) in [6.45, 7) is 4.04. The molecule has 0 aliphatic carbocycles. The maximum Gasteiger partial charge on any atom is 0.318 e. The maximum atomic E-state index is 6.03. The molecule has 2 rings (SSSR count). The highest BCUT2D eigenvalue weighted by molar-refractivity contribution is 6.32. The molecule has 88 valence electrons. The quantitative estimate of drug-likeness (QED) is 0.837. The molecule has 1 aromatic rings. The lowest BCUT2D eigenvalue weighted by Crippen LogP contribution is -2.37. The number of nitrogens with one attached hydrogen (secondary N) is 2. The number of anilines is 1. The van der Waals surface area contributed by atoms with Gasteiger partial charge < -0.3 is 15.4 Å². The Morgan fingerprint density at radius 3 is 3.06 bits per heavy atom. The van der Waals surface area contributed by atoms with E-state index in [4.69, 9.17) is 16.3 Å². The lowest BCUT2D eigenvalue weighted by atomic mass is 10.0. The van der Waals surface area contributed by atoms with Gasteiger partial charge in [0, 0.05) is 12.1 Å². The number of aromatic nitrogens is 2. The molecule has 1 fully saturated rings. The topological polar surface area (TPSA) is 59.1 Å². The van der Waals surface area contributed by atoms with Crippen LogP contribution in [0.15, 0.2) is 6.20 Å². The second-order valence-electron chi connectivity index (χ2n) is 4.17. The smallest absolute Gasteiger partial charge is 0.318 e. The SMILES string of the molecule is COc1ncc(Cl)c(NC2(C)CCNC2)n1. The number of rotatable bonds is 3. The molecule has 0 amide bonds. The van der Waals surface area contributed by atoms with E-state index in [0.717, 1.165) is 19.5 Å². The Kier molecular flexibility index (Phi) is 3.16. The van der Waals surface area contributed by atoms with E-state index in [-0.39, 0.29) is 5.54 Å². The average molecular weight is 243 g/mol. The Morgan fingerprint density at radius 2 is 2.44 bits per heavy atom. The van der Waals surface area contributed by atoms with Crippen LogP contribution in [0.5, 0.6) is 6.01 Å². The van der Waals surface area contributed by atoms with Crippen LogP contribution in [0.1, 0.15) is 13.3 Å². The zero-order valence-corrected chi connectivity index (χ0v) is 10.1. The Balaban J connectivity index is 2.19. The molecule has 1 aromatic heterocycles. The molecule has 1 aliphatic rings.